The quantitative estimate of drug-likeness (QED) is 0.765. The van der Waals surface area contributed by atoms with Gasteiger partial charge in [-0.25, -0.2) is 9.97 Å². The van der Waals surface area contributed by atoms with E-state index >= 15 is 0 Å². The average molecular weight is 212 g/mol. The second kappa shape index (κ2) is 4.15. The predicted molar refractivity (Wildman–Crippen MR) is 60.2 cm³/mol. The van der Waals surface area contributed by atoms with Crippen LogP contribution < -0.4 is 0 Å². The fourth-order valence-electron chi connectivity index (χ4n) is 1.65. The van der Waals surface area contributed by atoms with Crippen LogP contribution >= 0.6 is 0 Å². The Morgan fingerprint density at radius 2 is 2.19 bits per heavy atom. The number of hydrogen-bond acceptors (Lipinski definition) is 3. The van der Waals surface area contributed by atoms with E-state index in [1.165, 1.54) is 0 Å². The van der Waals surface area contributed by atoms with E-state index in [1.54, 1.807) is 12.4 Å². The van der Waals surface area contributed by atoms with Crippen LogP contribution in [0.15, 0.2) is 24.7 Å². The van der Waals surface area contributed by atoms with Gasteiger partial charge < -0.3 is 0 Å². The van der Waals surface area contributed by atoms with Crippen LogP contribution in [0.5, 0.6) is 0 Å². The molecule has 0 saturated carbocycles. The maximum atomic E-state index is 9.14. The first-order chi connectivity index (χ1) is 7.77. The molecule has 0 unspecified atom stereocenters. The lowest BCUT2D eigenvalue weighted by molar-refractivity contribution is 0.863. The number of pyridine rings is 1. The lowest BCUT2D eigenvalue weighted by Crippen LogP contribution is -2.05. The second-order valence-corrected chi connectivity index (χ2v) is 3.51. The van der Waals surface area contributed by atoms with E-state index in [4.69, 9.17) is 5.26 Å². The van der Waals surface area contributed by atoms with Crippen molar-refractivity contribution >= 4 is 0 Å². The molecule has 0 radical (unpaired) electrons. The molecule has 2 rings (SSSR count). The Morgan fingerprint density at radius 3 is 2.88 bits per heavy atom. The molecule has 0 fully saturated rings. The molecule has 4 heteroatoms. The molecule has 4 nitrogen and oxygen atoms in total. The van der Waals surface area contributed by atoms with Crippen LogP contribution in [-0.4, -0.2) is 14.5 Å². The minimum atomic E-state index is 0.607. The fourth-order valence-corrected chi connectivity index (χ4v) is 1.65. The van der Waals surface area contributed by atoms with Crippen molar-refractivity contribution in [2.24, 2.45) is 0 Å². The Labute approximate surface area is 94.2 Å². The van der Waals surface area contributed by atoms with Gasteiger partial charge in [0.05, 0.1) is 5.56 Å². The zero-order valence-corrected chi connectivity index (χ0v) is 9.31. The lowest BCUT2D eigenvalue weighted by atomic mass is 10.1. The van der Waals surface area contributed by atoms with Gasteiger partial charge in [0.1, 0.15) is 11.9 Å². The molecule has 0 aromatic carbocycles. The molecule has 0 saturated heterocycles. The molecule has 2 aromatic heterocycles. The predicted octanol–water partition coefficient (Wildman–Crippen LogP) is 2.01. The highest BCUT2D eigenvalue weighted by Gasteiger charge is 2.11. The Balaban J connectivity index is 2.66. The van der Waals surface area contributed by atoms with Crippen LogP contribution in [0, 0.1) is 18.3 Å². The van der Waals surface area contributed by atoms with Crippen LogP contribution in [0.4, 0.5) is 0 Å². The van der Waals surface area contributed by atoms with Gasteiger partial charge in [-0.3, -0.25) is 4.57 Å². The van der Waals surface area contributed by atoms with Crippen molar-refractivity contribution in [3.63, 3.8) is 0 Å². The summed E-state index contributed by atoms with van der Waals surface area (Å²) in [5.74, 6) is 1.58. The Bertz CT molecular complexity index is 548. The van der Waals surface area contributed by atoms with E-state index in [0.29, 0.717) is 11.4 Å². The average Bonchev–Trinajstić information content (AvgIpc) is 2.76. The first kappa shape index (κ1) is 10.4. The summed E-state index contributed by atoms with van der Waals surface area (Å²) in [6.07, 6.45) is 6.09. The molecule has 0 spiro atoms. The van der Waals surface area contributed by atoms with E-state index in [1.807, 2.05) is 30.7 Å². The minimum Gasteiger partial charge on any atom is -0.287 e. The summed E-state index contributed by atoms with van der Waals surface area (Å²) in [5.41, 5.74) is 1.54. The van der Waals surface area contributed by atoms with Gasteiger partial charge in [0.2, 0.25) is 0 Å². The molecule has 2 heterocycles. The number of nitriles is 1. The van der Waals surface area contributed by atoms with Crippen molar-refractivity contribution in [3.05, 3.63) is 41.6 Å². The summed E-state index contributed by atoms with van der Waals surface area (Å²) >= 11 is 0. The summed E-state index contributed by atoms with van der Waals surface area (Å²) in [6, 6.07) is 4.03. The maximum absolute atomic E-state index is 9.14. The third kappa shape index (κ3) is 1.57. The minimum absolute atomic E-state index is 0.607. The van der Waals surface area contributed by atoms with Crippen molar-refractivity contribution < 1.29 is 0 Å². The molecular weight excluding hydrogens is 200 g/mol. The molecule has 0 aliphatic rings. The summed E-state index contributed by atoms with van der Waals surface area (Å²) in [6.45, 7) is 3.94. The Morgan fingerprint density at radius 1 is 1.38 bits per heavy atom. The lowest BCUT2D eigenvalue weighted by Gasteiger charge is -2.08. The second-order valence-electron chi connectivity index (χ2n) is 3.51. The van der Waals surface area contributed by atoms with Crippen LogP contribution in [0.1, 0.15) is 23.9 Å². The molecule has 2 aromatic rings. The highest BCUT2D eigenvalue weighted by Crippen LogP contribution is 2.16. The highest BCUT2D eigenvalue weighted by molar-refractivity contribution is 5.48. The number of rotatable bonds is 2. The number of nitrogens with zero attached hydrogens (tertiary/aromatic N) is 4. The zero-order valence-electron chi connectivity index (χ0n) is 9.31. The van der Waals surface area contributed by atoms with E-state index in [2.05, 4.69) is 16.0 Å². The van der Waals surface area contributed by atoms with Crippen molar-refractivity contribution in [3.8, 4) is 11.9 Å². The van der Waals surface area contributed by atoms with Gasteiger partial charge in [0, 0.05) is 25.0 Å². The molecular formula is C12H12N4. The largest absolute Gasteiger partial charge is 0.287 e. The van der Waals surface area contributed by atoms with Crippen LogP contribution in [0.2, 0.25) is 0 Å². The molecule has 0 aliphatic carbocycles. The SMILES string of the molecule is CCc1nccn1-c1nccc(C)c1C#N. The van der Waals surface area contributed by atoms with Gasteiger partial charge in [0.15, 0.2) is 5.82 Å². The smallest absolute Gasteiger partial charge is 0.156 e. The normalized spacial score (nSPS) is 10.1. The highest BCUT2D eigenvalue weighted by atomic mass is 15.1. The number of aryl methyl sites for hydroxylation is 2. The summed E-state index contributed by atoms with van der Waals surface area (Å²) < 4.78 is 1.87. The summed E-state index contributed by atoms with van der Waals surface area (Å²) in [5, 5.41) is 9.14. The van der Waals surface area contributed by atoms with Gasteiger partial charge in [-0.05, 0) is 18.6 Å². The first-order valence-corrected chi connectivity index (χ1v) is 5.16. The fraction of sp³-hybridized carbons (Fsp3) is 0.250. The van der Waals surface area contributed by atoms with Crippen molar-refractivity contribution in [1.29, 1.82) is 5.26 Å². The van der Waals surface area contributed by atoms with E-state index in [0.717, 1.165) is 17.8 Å². The molecule has 0 atom stereocenters. The van der Waals surface area contributed by atoms with E-state index in [9.17, 15) is 0 Å². The molecule has 0 bridgehead atoms. The summed E-state index contributed by atoms with van der Waals surface area (Å²) in [4.78, 5) is 8.49. The maximum Gasteiger partial charge on any atom is 0.156 e. The van der Waals surface area contributed by atoms with Gasteiger partial charge in [-0.2, -0.15) is 5.26 Å². The Hall–Kier alpha value is -2.15. The van der Waals surface area contributed by atoms with Gasteiger partial charge >= 0.3 is 0 Å². The molecule has 80 valence electrons. The van der Waals surface area contributed by atoms with Crippen molar-refractivity contribution in [2.45, 2.75) is 20.3 Å². The molecule has 0 aliphatic heterocycles. The zero-order chi connectivity index (χ0) is 11.5. The van der Waals surface area contributed by atoms with Crippen LogP contribution in [0.3, 0.4) is 0 Å². The molecule has 16 heavy (non-hydrogen) atoms. The molecule has 0 N–H and O–H groups in total. The first-order valence-electron chi connectivity index (χ1n) is 5.16. The van der Waals surface area contributed by atoms with Gasteiger partial charge in [-0.15, -0.1) is 0 Å². The Kier molecular flexibility index (Phi) is 2.69. The number of aromatic nitrogens is 3. The van der Waals surface area contributed by atoms with Crippen molar-refractivity contribution in [1.82, 2.24) is 14.5 Å². The van der Waals surface area contributed by atoms with Gasteiger partial charge in [-0.1, -0.05) is 6.92 Å². The van der Waals surface area contributed by atoms with E-state index < -0.39 is 0 Å². The number of hydrogen-bond donors (Lipinski definition) is 0. The third-order valence-corrected chi connectivity index (χ3v) is 2.51. The monoisotopic (exact) mass is 212 g/mol. The number of imidazole rings is 1. The van der Waals surface area contributed by atoms with Crippen molar-refractivity contribution in [2.75, 3.05) is 0 Å². The van der Waals surface area contributed by atoms with Crippen LogP contribution in [-0.2, 0) is 6.42 Å². The van der Waals surface area contributed by atoms with Gasteiger partial charge in [0.25, 0.3) is 0 Å². The molecule has 0 amide bonds. The van der Waals surface area contributed by atoms with Crippen LogP contribution in [0.25, 0.3) is 5.82 Å². The van der Waals surface area contributed by atoms with E-state index in [-0.39, 0.29) is 0 Å². The standard InChI is InChI=1S/C12H12N4/c1-3-11-14-6-7-16(11)12-10(8-13)9(2)4-5-15-12/h4-7H,3H2,1-2H3. The third-order valence-electron chi connectivity index (χ3n) is 2.51. The topological polar surface area (TPSA) is 54.5 Å². The summed E-state index contributed by atoms with van der Waals surface area (Å²) in [7, 11) is 0.